The molecule has 0 aromatic carbocycles. The standard InChI is InChI=1S/C12H20F3N3OS/c13-12(14,15)9-17-3-1-2-10(8-17)16-11(19)18-4-6-20-7-5-18/h10H,1-9H2,(H,16,19). The minimum absolute atomic E-state index is 0.135. The van der Waals surface area contributed by atoms with Crippen LogP contribution in [-0.4, -0.2) is 72.3 Å². The average Bonchev–Trinajstić information content (AvgIpc) is 2.38. The first-order valence-electron chi connectivity index (χ1n) is 6.86. The number of urea groups is 1. The quantitative estimate of drug-likeness (QED) is 0.844. The highest BCUT2D eigenvalue weighted by atomic mass is 32.2. The molecule has 2 fully saturated rings. The normalized spacial score (nSPS) is 25.6. The molecule has 1 atom stereocenters. The minimum Gasteiger partial charge on any atom is -0.334 e. The van der Waals surface area contributed by atoms with Gasteiger partial charge in [-0.3, -0.25) is 4.90 Å². The largest absolute Gasteiger partial charge is 0.401 e. The molecule has 20 heavy (non-hydrogen) atoms. The third kappa shape index (κ3) is 5.05. The molecule has 2 amide bonds. The first-order valence-corrected chi connectivity index (χ1v) is 8.02. The van der Waals surface area contributed by atoms with Crippen LogP contribution in [0.15, 0.2) is 0 Å². The molecule has 1 unspecified atom stereocenters. The van der Waals surface area contributed by atoms with E-state index < -0.39 is 12.7 Å². The van der Waals surface area contributed by atoms with Crippen LogP contribution < -0.4 is 5.32 Å². The van der Waals surface area contributed by atoms with Gasteiger partial charge in [0.15, 0.2) is 0 Å². The van der Waals surface area contributed by atoms with E-state index in [1.54, 1.807) is 4.90 Å². The molecule has 0 saturated carbocycles. The molecule has 0 bridgehead atoms. The Bertz CT molecular complexity index is 334. The Hall–Kier alpha value is -0.630. The second kappa shape index (κ2) is 6.89. The van der Waals surface area contributed by atoms with Gasteiger partial charge in [0.25, 0.3) is 0 Å². The van der Waals surface area contributed by atoms with Crippen molar-refractivity contribution in [2.24, 2.45) is 0 Å². The van der Waals surface area contributed by atoms with Gasteiger partial charge in [-0.2, -0.15) is 24.9 Å². The van der Waals surface area contributed by atoms with Crippen molar-refractivity contribution in [2.75, 3.05) is 44.2 Å². The highest BCUT2D eigenvalue weighted by Gasteiger charge is 2.33. The smallest absolute Gasteiger partial charge is 0.334 e. The van der Waals surface area contributed by atoms with Gasteiger partial charge in [-0.05, 0) is 19.4 Å². The van der Waals surface area contributed by atoms with E-state index >= 15 is 0 Å². The summed E-state index contributed by atoms with van der Waals surface area (Å²) in [6.45, 7) is 1.28. The van der Waals surface area contributed by atoms with Crippen LogP contribution in [0.2, 0.25) is 0 Å². The zero-order valence-electron chi connectivity index (χ0n) is 11.3. The number of rotatable bonds is 2. The molecular weight excluding hydrogens is 291 g/mol. The monoisotopic (exact) mass is 311 g/mol. The third-order valence-corrected chi connectivity index (χ3v) is 4.48. The lowest BCUT2D eigenvalue weighted by atomic mass is 10.1. The van der Waals surface area contributed by atoms with Crippen molar-refractivity contribution in [1.29, 1.82) is 0 Å². The topological polar surface area (TPSA) is 35.6 Å². The zero-order valence-corrected chi connectivity index (χ0v) is 12.1. The van der Waals surface area contributed by atoms with Crippen molar-refractivity contribution in [2.45, 2.75) is 25.1 Å². The molecule has 2 aliphatic heterocycles. The fourth-order valence-corrected chi connectivity index (χ4v) is 3.51. The van der Waals surface area contributed by atoms with E-state index in [0.29, 0.717) is 13.0 Å². The summed E-state index contributed by atoms with van der Waals surface area (Å²) in [7, 11) is 0. The number of piperidine rings is 1. The summed E-state index contributed by atoms with van der Waals surface area (Å²) in [6.07, 6.45) is -2.73. The molecule has 2 rings (SSSR count). The van der Waals surface area contributed by atoms with E-state index in [9.17, 15) is 18.0 Å². The maximum atomic E-state index is 12.4. The lowest BCUT2D eigenvalue weighted by molar-refractivity contribution is -0.148. The van der Waals surface area contributed by atoms with E-state index in [4.69, 9.17) is 0 Å². The fraction of sp³-hybridized carbons (Fsp3) is 0.917. The maximum Gasteiger partial charge on any atom is 0.401 e. The summed E-state index contributed by atoms with van der Waals surface area (Å²) >= 11 is 1.81. The number of halogens is 3. The first kappa shape index (κ1) is 15.8. The van der Waals surface area contributed by atoms with E-state index in [1.165, 1.54) is 4.90 Å². The lowest BCUT2D eigenvalue weighted by Gasteiger charge is -2.35. The molecule has 0 radical (unpaired) electrons. The SMILES string of the molecule is O=C(NC1CCCN(CC(F)(F)F)C1)N1CCSCC1. The molecule has 1 N–H and O–H groups in total. The summed E-state index contributed by atoms with van der Waals surface area (Å²) in [4.78, 5) is 15.1. The number of carbonyl (C=O) groups excluding carboxylic acids is 1. The van der Waals surface area contributed by atoms with Crippen molar-refractivity contribution >= 4 is 17.8 Å². The van der Waals surface area contributed by atoms with Gasteiger partial charge >= 0.3 is 12.2 Å². The first-order chi connectivity index (χ1) is 9.44. The zero-order chi connectivity index (χ0) is 14.6. The molecule has 0 aliphatic carbocycles. The van der Waals surface area contributed by atoms with Crippen molar-refractivity contribution in [3.05, 3.63) is 0 Å². The molecule has 0 aromatic heterocycles. The van der Waals surface area contributed by atoms with Crippen molar-refractivity contribution in [3.8, 4) is 0 Å². The Labute approximate surface area is 121 Å². The number of nitrogens with one attached hydrogen (secondary N) is 1. The molecule has 4 nitrogen and oxygen atoms in total. The Morgan fingerprint density at radius 2 is 1.95 bits per heavy atom. The van der Waals surface area contributed by atoms with E-state index in [2.05, 4.69) is 5.32 Å². The Morgan fingerprint density at radius 1 is 1.25 bits per heavy atom. The van der Waals surface area contributed by atoms with Crippen LogP contribution in [0.4, 0.5) is 18.0 Å². The molecule has 0 spiro atoms. The number of hydrogen-bond acceptors (Lipinski definition) is 3. The highest BCUT2D eigenvalue weighted by Crippen LogP contribution is 2.20. The third-order valence-electron chi connectivity index (χ3n) is 3.53. The van der Waals surface area contributed by atoms with Gasteiger partial charge in [-0.1, -0.05) is 0 Å². The van der Waals surface area contributed by atoms with Crippen LogP contribution >= 0.6 is 11.8 Å². The summed E-state index contributed by atoms with van der Waals surface area (Å²) in [6, 6.07) is -0.308. The summed E-state index contributed by atoms with van der Waals surface area (Å²) in [5, 5.41) is 2.87. The van der Waals surface area contributed by atoms with Gasteiger partial charge < -0.3 is 10.2 Å². The second-order valence-corrected chi connectivity index (χ2v) is 6.46. The highest BCUT2D eigenvalue weighted by molar-refractivity contribution is 7.99. The number of likely N-dealkylation sites (tertiary alicyclic amines) is 1. The number of hydrogen-bond donors (Lipinski definition) is 1. The minimum atomic E-state index is -4.17. The van der Waals surface area contributed by atoms with Gasteiger partial charge in [-0.25, -0.2) is 4.79 Å². The van der Waals surface area contributed by atoms with Crippen LogP contribution in [-0.2, 0) is 0 Å². The Morgan fingerprint density at radius 3 is 2.60 bits per heavy atom. The summed E-state index contributed by atoms with van der Waals surface area (Å²) in [5.74, 6) is 1.86. The van der Waals surface area contributed by atoms with Gasteiger partial charge in [0.2, 0.25) is 0 Å². The van der Waals surface area contributed by atoms with E-state index in [-0.39, 0.29) is 18.6 Å². The predicted octanol–water partition coefficient (Wildman–Crippen LogP) is 1.77. The predicted molar refractivity (Wildman–Crippen MR) is 72.9 cm³/mol. The number of nitrogens with zero attached hydrogens (tertiary/aromatic N) is 2. The summed E-state index contributed by atoms with van der Waals surface area (Å²) in [5.41, 5.74) is 0. The van der Waals surface area contributed by atoms with E-state index in [1.807, 2.05) is 11.8 Å². The molecule has 116 valence electrons. The number of amides is 2. The molecular formula is C12H20F3N3OS. The van der Waals surface area contributed by atoms with Crippen LogP contribution in [0.25, 0.3) is 0 Å². The van der Waals surface area contributed by atoms with Crippen LogP contribution in [0, 0.1) is 0 Å². The molecule has 2 saturated heterocycles. The lowest BCUT2D eigenvalue weighted by Crippen LogP contribution is -2.54. The molecule has 0 aromatic rings. The molecule has 2 aliphatic rings. The Balaban J connectivity index is 1.78. The fourth-order valence-electron chi connectivity index (χ4n) is 2.60. The molecule has 2 heterocycles. The van der Waals surface area contributed by atoms with Crippen LogP contribution in [0.3, 0.4) is 0 Å². The van der Waals surface area contributed by atoms with Gasteiger partial charge in [-0.15, -0.1) is 0 Å². The van der Waals surface area contributed by atoms with Crippen molar-refractivity contribution in [3.63, 3.8) is 0 Å². The van der Waals surface area contributed by atoms with Gasteiger partial charge in [0, 0.05) is 37.2 Å². The number of carbonyl (C=O) groups is 1. The summed E-state index contributed by atoms with van der Waals surface area (Å²) < 4.78 is 37.1. The average molecular weight is 311 g/mol. The van der Waals surface area contributed by atoms with Crippen LogP contribution in [0.5, 0.6) is 0 Å². The number of alkyl halides is 3. The maximum absolute atomic E-state index is 12.4. The van der Waals surface area contributed by atoms with Crippen molar-refractivity contribution in [1.82, 2.24) is 15.1 Å². The molecule has 8 heteroatoms. The number of thioether (sulfide) groups is 1. The van der Waals surface area contributed by atoms with E-state index in [0.717, 1.165) is 31.0 Å². The van der Waals surface area contributed by atoms with Crippen molar-refractivity contribution < 1.29 is 18.0 Å². The Kier molecular flexibility index (Phi) is 5.42. The van der Waals surface area contributed by atoms with Gasteiger partial charge in [0.1, 0.15) is 0 Å². The van der Waals surface area contributed by atoms with Crippen LogP contribution in [0.1, 0.15) is 12.8 Å². The second-order valence-electron chi connectivity index (χ2n) is 5.24. The van der Waals surface area contributed by atoms with Gasteiger partial charge in [0.05, 0.1) is 6.54 Å².